The van der Waals surface area contributed by atoms with Crippen LogP contribution in [0.25, 0.3) is 0 Å². The molecule has 0 bridgehead atoms. The fourth-order valence-corrected chi connectivity index (χ4v) is 2.57. The third-order valence-corrected chi connectivity index (χ3v) is 8.67. The highest BCUT2D eigenvalue weighted by molar-refractivity contribution is 6.74. The molecule has 124 valence electrons. The van der Waals surface area contributed by atoms with Crippen molar-refractivity contribution in [1.82, 2.24) is 0 Å². The first-order valence-corrected chi connectivity index (χ1v) is 10.3. The predicted octanol–water partition coefficient (Wildman–Crippen LogP) is 4.93. The molecule has 1 unspecified atom stereocenters. The molecule has 0 heterocycles. The molecule has 0 aliphatic rings. The van der Waals surface area contributed by atoms with Gasteiger partial charge in [0.2, 0.25) is 0 Å². The molecule has 0 aliphatic heterocycles. The van der Waals surface area contributed by atoms with Crippen LogP contribution in [0.3, 0.4) is 0 Å². The zero-order chi connectivity index (χ0) is 17.0. The van der Waals surface area contributed by atoms with Crippen molar-refractivity contribution in [3.8, 4) is 0 Å². The van der Waals surface area contributed by atoms with Gasteiger partial charge in [-0.15, -0.1) is 0 Å². The van der Waals surface area contributed by atoms with Crippen LogP contribution in [0.15, 0.2) is 42.5 Å². The molecule has 1 N–H and O–H groups in total. The Morgan fingerprint density at radius 2 is 1.73 bits per heavy atom. The minimum Gasteiger partial charge on any atom is -0.413 e. The maximum absolute atomic E-state index is 14.0. The summed E-state index contributed by atoms with van der Waals surface area (Å²) in [5.41, 5.74) is 0.197. The van der Waals surface area contributed by atoms with E-state index in [4.69, 9.17) is 4.43 Å². The average Bonchev–Trinajstić information content (AvgIpc) is 2.42. The second-order valence-corrected chi connectivity index (χ2v) is 11.8. The lowest BCUT2D eigenvalue weighted by atomic mass is 10.0. The van der Waals surface area contributed by atoms with Crippen molar-refractivity contribution in [2.45, 2.75) is 50.9 Å². The Labute approximate surface area is 132 Å². The van der Waals surface area contributed by atoms with E-state index >= 15 is 0 Å². The van der Waals surface area contributed by atoms with Crippen molar-refractivity contribution in [2.75, 3.05) is 6.61 Å². The van der Waals surface area contributed by atoms with Crippen LogP contribution >= 0.6 is 0 Å². The highest BCUT2D eigenvalue weighted by atomic mass is 28.4. The average molecular weight is 328 g/mol. The summed E-state index contributed by atoms with van der Waals surface area (Å²) in [7, 11) is -1.95. The molecule has 0 spiro atoms. The number of hydrogen-bond acceptors (Lipinski definition) is 2. The van der Waals surface area contributed by atoms with Gasteiger partial charge in [0.15, 0.2) is 8.32 Å². The van der Waals surface area contributed by atoms with Crippen LogP contribution in [0, 0.1) is 0 Å². The summed E-state index contributed by atoms with van der Waals surface area (Å²) in [6.45, 7) is 10.5. The van der Waals surface area contributed by atoms with E-state index in [1.165, 1.54) is 18.2 Å². The normalized spacial score (nSPS) is 15.3. The zero-order valence-electron chi connectivity index (χ0n) is 13.9. The fraction of sp³-hybridized carbons (Fsp3) is 0.529. The second kappa shape index (κ2) is 7.02. The predicted molar refractivity (Wildman–Crippen MR) is 88.6 cm³/mol. The lowest BCUT2D eigenvalue weighted by molar-refractivity contribution is -0.0717. The molecule has 5 heteroatoms. The van der Waals surface area contributed by atoms with Crippen LogP contribution in [-0.4, -0.2) is 26.0 Å². The molecule has 0 radical (unpaired) electrons. The zero-order valence-corrected chi connectivity index (χ0v) is 14.9. The monoisotopic (exact) mass is 328 g/mol. The van der Waals surface area contributed by atoms with E-state index in [1.807, 2.05) is 0 Å². The van der Waals surface area contributed by atoms with Crippen LogP contribution in [-0.2, 0) is 4.43 Å². The van der Waals surface area contributed by atoms with Crippen molar-refractivity contribution >= 4 is 8.32 Å². The van der Waals surface area contributed by atoms with Crippen molar-refractivity contribution in [3.63, 3.8) is 0 Å². The highest BCUT2D eigenvalue weighted by Crippen LogP contribution is 2.37. The summed E-state index contributed by atoms with van der Waals surface area (Å²) in [5, 5.41) is 9.84. The van der Waals surface area contributed by atoms with E-state index in [9.17, 15) is 13.9 Å². The standard InChI is InChI=1S/C17H26F2O2Si/c1-16(2,3)22(4,5)21-13-9-12-17(18,19)15(20)14-10-7-6-8-11-14/h6-12,15,20H,13H2,1-5H3/b12-9-. The maximum atomic E-state index is 14.0. The molecule has 1 aromatic carbocycles. The summed E-state index contributed by atoms with van der Waals surface area (Å²) >= 11 is 0. The molecule has 0 saturated heterocycles. The third kappa shape index (κ3) is 5.00. The van der Waals surface area contributed by atoms with Crippen LogP contribution in [0.4, 0.5) is 8.78 Å². The summed E-state index contributed by atoms with van der Waals surface area (Å²) < 4.78 is 33.8. The first-order chi connectivity index (χ1) is 9.97. The van der Waals surface area contributed by atoms with Gasteiger partial charge >= 0.3 is 0 Å². The largest absolute Gasteiger partial charge is 0.413 e. The van der Waals surface area contributed by atoms with E-state index in [0.29, 0.717) is 0 Å². The fourth-order valence-electron chi connectivity index (χ4n) is 1.63. The van der Waals surface area contributed by atoms with Crippen molar-refractivity contribution in [3.05, 3.63) is 48.0 Å². The first kappa shape index (κ1) is 19.0. The molecular formula is C17H26F2O2Si. The van der Waals surface area contributed by atoms with Crippen LogP contribution in [0.2, 0.25) is 18.1 Å². The number of halogens is 2. The quantitative estimate of drug-likeness (QED) is 0.592. The summed E-state index contributed by atoms with van der Waals surface area (Å²) in [4.78, 5) is 0. The van der Waals surface area contributed by atoms with Crippen LogP contribution in [0.5, 0.6) is 0 Å². The number of aliphatic hydroxyl groups is 1. The Morgan fingerprint density at radius 3 is 2.23 bits per heavy atom. The number of benzene rings is 1. The Morgan fingerprint density at radius 1 is 1.18 bits per heavy atom. The molecule has 0 aromatic heterocycles. The van der Waals surface area contributed by atoms with Gasteiger partial charge in [0.25, 0.3) is 5.92 Å². The van der Waals surface area contributed by atoms with Crippen molar-refractivity contribution < 1.29 is 18.3 Å². The third-order valence-electron chi connectivity index (χ3n) is 4.17. The van der Waals surface area contributed by atoms with Gasteiger partial charge in [-0.3, -0.25) is 0 Å². The van der Waals surface area contributed by atoms with Crippen molar-refractivity contribution in [2.24, 2.45) is 0 Å². The summed E-state index contributed by atoms with van der Waals surface area (Å²) in [5.74, 6) is -3.32. The van der Waals surface area contributed by atoms with E-state index in [-0.39, 0.29) is 17.2 Å². The maximum Gasteiger partial charge on any atom is 0.295 e. The second-order valence-electron chi connectivity index (χ2n) is 6.96. The van der Waals surface area contributed by atoms with Crippen LogP contribution < -0.4 is 0 Å². The number of aliphatic hydroxyl groups excluding tert-OH is 1. The minimum atomic E-state index is -3.32. The summed E-state index contributed by atoms with van der Waals surface area (Å²) in [6, 6.07) is 7.94. The van der Waals surface area contributed by atoms with Gasteiger partial charge in [-0.05, 0) is 29.8 Å². The molecular weight excluding hydrogens is 302 g/mol. The molecule has 0 aliphatic carbocycles. The van der Waals surface area contributed by atoms with Gasteiger partial charge in [0.05, 0.1) is 6.61 Å². The molecule has 0 fully saturated rings. The molecule has 1 atom stereocenters. The molecule has 0 amide bonds. The Bertz CT molecular complexity index is 493. The smallest absolute Gasteiger partial charge is 0.295 e. The molecule has 2 nitrogen and oxygen atoms in total. The molecule has 1 aromatic rings. The van der Waals surface area contributed by atoms with E-state index < -0.39 is 20.3 Å². The highest BCUT2D eigenvalue weighted by Gasteiger charge is 2.38. The number of hydrogen-bond donors (Lipinski definition) is 1. The van der Waals surface area contributed by atoms with Crippen molar-refractivity contribution in [1.29, 1.82) is 0 Å². The van der Waals surface area contributed by atoms with Gasteiger partial charge in [-0.2, -0.15) is 8.78 Å². The lowest BCUT2D eigenvalue weighted by Crippen LogP contribution is -2.40. The Kier molecular flexibility index (Phi) is 6.07. The molecule has 22 heavy (non-hydrogen) atoms. The molecule has 0 saturated carbocycles. The lowest BCUT2D eigenvalue weighted by Gasteiger charge is -2.35. The summed E-state index contributed by atoms with van der Waals surface area (Å²) in [6.07, 6.45) is 0.183. The number of rotatable bonds is 6. The Hall–Kier alpha value is -1.04. The van der Waals surface area contributed by atoms with E-state index in [0.717, 1.165) is 6.08 Å². The Balaban J connectivity index is 2.65. The van der Waals surface area contributed by atoms with E-state index in [1.54, 1.807) is 18.2 Å². The van der Waals surface area contributed by atoms with E-state index in [2.05, 4.69) is 33.9 Å². The van der Waals surface area contributed by atoms with Crippen LogP contribution in [0.1, 0.15) is 32.4 Å². The van der Waals surface area contributed by atoms with Gasteiger partial charge < -0.3 is 9.53 Å². The topological polar surface area (TPSA) is 29.5 Å². The number of alkyl halides is 2. The van der Waals surface area contributed by atoms with Gasteiger partial charge in [-0.1, -0.05) is 57.2 Å². The first-order valence-electron chi connectivity index (χ1n) is 7.40. The SMILES string of the molecule is CC(C)(C)[Si](C)(C)OC/C=C\C(F)(F)C(O)c1ccccc1. The van der Waals surface area contributed by atoms with Gasteiger partial charge in [0, 0.05) is 0 Å². The minimum absolute atomic E-state index is 0.0346. The van der Waals surface area contributed by atoms with Gasteiger partial charge in [0.1, 0.15) is 6.10 Å². The molecule has 1 rings (SSSR count). The van der Waals surface area contributed by atoms with Gasteiger partial charge in [-0.25, -0.2) is 0 Å².